The Bertz CT molecular complexity index is 994. The number of ether oxygens (including phenoxy) is 2. The van der Waals surface area contributed by atoms with Crippen LogP contribution in [0.5, 0.6) is 0 Å². The zero-order valence-corrected chi connectivity index (χ0v) is 13.9. The van der Waals surface area contributed by atoms with E-state index < -0.39 is 17.8 Å². The number of carbonyl (C=O) groups excluding carboxylic acids is 3. The van der Waals surface area contributed by atoms with Crippen LogP contribution in [0.2, 0.25) is 0 Å². The van der Waals surface area contributed by atoms with Crippen LogP contribution in [0.25, 0.3) is 11.0 Å². The quantitative estimate of drug-likeness (QED) is 0.685. The number of carbonyl (C=O) groups is 3. The fourth-order valence-corrected chi connectivity index (χ4v) is 2.36. The van der Waals surface area contributed by atoms with Gasteiger partial charge in [0, 0.05) is 11.8 Å². The third-order valence-corrected chi connectivity index (χ3v) is 3.66. The highest BCUT2D eigenvalue weighted by Gasteiger charge is 2.18. The van der Waals surface area contributed by atoms with Gasteiger partial charge in [0.05, 0.1) is 25.5 Å². The van der Waals surface area contributed by atoms with E-state index >= 15 is 0 Å². The van der Waals surface area contributed by atoms with Gasteiger partial charge < -0.3 is 19.8 Å². The Morgan fingerprint density at radius 1 is 0.962 bits per heavy atom. The van der Waals surface area contributed by atoms with Crippen molar-refractivity contribution in [1.29, 1.82) is 0 Å². The van der Waals surface area contributed by atoms with Gasteiger partial charge in [-0.25, -0.2) is 19.6 Å². The summed E-state index contributed by atoms with van der Waals surface area (Å²) in [7, 11) is 2.53. The van der Waals surface area contributed by atoms with Gasteiger partial charge in [0.2, 0.25) is 0 Å². The van der Waals surface area contributed by atoms with Gasteiger partial charge in [-0.15, -0.1) is 0 Å². The molecule has 1 amide bonds. The van der Waals surface area contributed by atoms with Crippen molar-refractivity contribution in [2.45, 2.75) is 0 Å². The van der Waals surface area contributed by atoms with E-state index in [0.29, 0.717) is 27.8 Å². The zero-order chi connectivity index (χ0) is 18.7. The first-order chi connectivity index (χ1) is 12.5. The lowest BCUT2D eigenvalue weighted by Gasteiger charge is -2.05. The minimum absolute atomic E-state index is 0.0698. The average molecular weight is 354 g/mol. The summed E-state index contributed by atoms with van der Waals surface area (Å²) in [5.74, 6) is -1.50. The first kappa shape index (κ1) is 17.1. The molecule has 3 aromatic rings. The second-order valence-corrected chi connectivity index (χ2v) is 5.16. The molecule has 9 nitrogen and oxygen atoms in total. The van der Waals surface area contributed by atoms with E-state index in [2.05, 4.69) is 29.7 Å². The highest BCUT2D eigenvalue weighted by atomic mass is 16.5. The van der Waals surface area contributed by atoms with Gasteiger partial charge in [-0.05, 0) is 24.3 Å². The van der Waals surface area contributed by atoms with Crippen LogP contribution >= 0.6 is 0 Å². The van der Waals surface area contributed by atoms with E-state index in [1.807, 2.05) is 0 Å². The monoisotopic (exact) mass is 354 g/mol. The van der Waals surface area contributed by atoms with Crippen LogP contribution in [0.3, 0.4) is 0 Å². The SMILES string of the molecule is COC(=O)c1ccc(C(=O)Nc2c[nH]c3c(C(=O)OC)ncnc23)cc1. The lowest BCUT2D eigenvalue weighted by atomic mass is 10.1. The fourth-order valence-electron chi connectivity index (χ4n) is 2.36. The molecule has 0 atom stereocenters. The van der Waals surface area contributed by atoms with E-state index in [0.717, 1.165) is 0 Å². The lowest BCUT2D eigenvalue weighted by Crippen LogP contribution is -2.12. The number of methoxy groups -OCH3 is 2. The Labute approximate surface area is 147 Å². The lowest BCUT2D eigenvalue weighted by molar-refractivity contribution is 0.0589. The van der Waals surface area contributed by atoms with Crippen molar-refractivity contribution in [3.05, 3.63) is 53.6 Å². The van der Waals surface area contributed by atoms with E-state index in [1.54, 1.807) is 0 Å². The van der Waals surface area contributed by atoms with Gasteiger partial charge in [0.1, 0.15) is 17.4 Å². The molecule has 1 aromatic carbocycles. The Balaban J connectivity index is 1.86. The van der Waals surface area contributed by atoms with Crippen molar-refractivity contribution >= 4 is 34.6 Å². The molecule has 2 aromatic heterocycles. The largest absolute Gasteiger partial charge is 0.465 e. The van der Waals surface area contributed by atoms with Crippen LogP contribution in [0.1, 0.15) is 31.2 Å². The summed E-state index contributed by atoms with van der Waals surface area (Å²) in [5.41, 5.74) is 1.87. The highest BCUT2D eigenvalue weighted by molar-refractivity contribution is 6.10. The number of nitrogens with zero attached hydrogens (tertiary/aromatic N) is 2. The van der Waals surface area contributed by atoms with E-state index in [1.165, 1.54) is 51.0 Å². The maximum absolute atomic E-state index is 12.4. The van der Waals surface area contributed by atoms with Crippen molar-refractivity contribution in [2.75, 3.05) is 19.5 Å². The highest BCUT2D eigenvalue weighted by Crippen LogP contribution is 2.23. The fraction of sp³-hybridized carbons (Fsp3) is 0.118. The zero-order valence-electron chi connectivity index (χ0n) is 13.9. The topological polar surface area (TPSA) is 123 Å². The van der Waals surface area contributed by atoms with Gasteiger partial charge in [-0.2, -0.15) is 0 Å². The van der Waals surface area contributed by atoms with Gasteiger partial charge in [-0.3, -0.25) is 4.79 Å². The number of anilines is 1. The number of H-pyrrole nitrogens is 1. The number of hydrogen-bond acceptors (Lipinski definition) is 7. The minimum Gasteiger partial charge on any atom is -0.465 e. The van der Waals surface area contributed by atoms with Crippen molar-refractivity contribution < 1.29 is 23.9 Å². The molecule has 3 rings (SSSR count). The summed E-state index contributed by atoms with van der Waals surface area (Å²) in [5, 5.41) is 2.70. The summed E-state index contributed by atoms with van der Waals surface area (Å²) in [6.07, 6.45) is 2.72. The maximum Gasteiger partial charge on any atom is 0.358 e. The van der Waals surface area contributed by atoms with Crippen LogP contribution in [-0.2, 0) is 9.47 Å². The molecule has 0 saturated heterocycles. The number of esters is 2. The second-order valence-electron chi connectivity index (χ2n) is 5.16. The summed E-state index contributed by atoms with van der Waals surface area (Å²) in [6, 6.07) is 6.00. The molecular formula is C17H14N4O5. The maximum atomic E-state index is 12.4. The van der Waals surface area contributed by atoms with Gasteiger partial charge in [0.15, 0.2) is 5.69 Å². The molecule has 0 aliphatic carbocycles. The van der Waals surface area contributed by atoms with E-state index in [9.17, 15) is 14.4 Å². The molecule has 0 saturated carbocycles. The molecule has 0 fully saturated rings. The Morgan fingerprint density at radius 2 is 1.62 bits per heavy atom. The van der Waals surface area contributed by atoms with E-state index in [-0.39, 0.29) is 5.69 Å². The number of fused-ring (bicyclic) bond motifs is 1. The minimum atomic E-state index is -0.615. The number of aromatic nitrogens is 3. The summed E-state index contributed by atoms with van der Waals surface area (Å²) < 4.78 is 9.28. The Kier molecular flexibility index (Phi) is 4.61. The number of nitrogens with one attached hydrogen (secondary N) is 2. The van der Waals surface area contributed by atoms with Crippen molar-refractivity contribution in [3.63, 3.8) is 0 Å². The van der Waals surface area contributed by atoms with Gasteiger partial charge in [0.25, 0.3) is 5.91 Å². The average Bonchev–Trinajstić information content (AvgIpc) is 3.09. The Morgan fingerprint density at radius 3 is 2.27 bits per heavy atom. The molecular weight excluding hydrogens is 340 g/mol. The van der Waals surface area contributed by atoms with E-state index in [4.69, 9.17) is 0 Å². The summed E-state index contributed by atoms with van der Waals surface area (Å²) >= 11 is 0. The van der Waals surface area contributed by atoms with Crippen LogP contribution in [0.15, 0.2) is 36.8 Å². The smallest absolute Gasteiger partial charge is 0.358 e. The number of hydrogen-bond donors (Lipinski definition) is 2. The third-order valence-electron chi connectivity index (χ3n) is 3.66. The molecule has 0 aliphatic rings. The van der Waals surface area contributed by atoms with Crippen molar-refractivity contribution in [2.24, 2.45) is 0 Å². The molecule has 2 heterocycles. The van der Waals surface area contributed by atoms with Gasteiger partial charge >= 0.3 is 11.9 Å². The summed E-state index contributed by atoms with van der Waals surface area (Å²) in [4.78, 5) is 46.4. The second kappa shape index (κ2) is 7.01. The number of benzene rings is 1. The van der Waals surface area contributed by atoms with Crippen LogP contribution < -0.4 is 5.32 Å². The molecule has 0 spiro atoms. The molecule has 9 heteroatoms. The third kappa shape index (κ3) is 3.09. The van der Waals surface area contributed by atoms with Crippen LogP contribution in [-0.4, -0.2) is 47.0 Å². The first-order valence-corrected chi connectivity index (χ1v) is 7.45. The number of rotatable bonds is 4. The molecule has 0 bridgehead atoms. The molecule has 0 unspecified atom stereocenters. The molecule has 2 N–H and O–H groups in total. The van der Waals surface area contributed by atoms with Crippen molar-refractivity contribution in [1.82, 2.24) is 15.0 Å². The van der Waals surface area contributed by atoms with Crippen LogP contribution in [0.4, 0.5) is 5.69 Å². The standard InChI is InChI=1S/C17H14N4O5/c1-25-16(23)10-5-3-9(4-6-10)15(22)21-11-7-18-13-12(11)19-8-20-14(13)17(24)26-2/h3-8,18H,1-2H3,(H,21,22). The number of aromatic amines is 1. The number of amides is 1. The Hall–Kier alpha value is -3.75. The first-order valence-electron chi connectivity index (χ1n) is 7.45. The predicted molar refractivity (Wildman–Crippen MR) is 91.0 cm³/mol. The molecule has 0 aliphatic heterocycles. The van der Waals surface area contributed by atoms with Gasteiger partial charge in [-0.1, -0.05) is 0 Å². The van der Waals surface area contributed by atoms with Crippen LogP contribution in [0, 0.1) is 0 Å². The summed E-state index contributed by atoms with van der Waals surface area (Å²) in [6.45, 7) is 0. The normalized spacial score (nSPS) is 10.4. The predicted octanol–water partition coefficient (Wildman–Crippen LogP) is 1.78. The molecule has 132 valence electrons. The molecule has 26 heavy (non-hydrogen) atoms. The molecule has 0 radical (unpaired) electrons. The van der Waals surface area contributed by atoms with Crippen molar-refractivity contribution in [3.8, 4) is 0 Å².